The van der Waals surface area contributed by atoms with Gasteiger partial charge in [-0.25, -0.2) is 4.99 Å². The van der Waals surface area contributed by atoms with Crippen molar-refractivity contribution >= 4 is 86.7 Å². The zero-order valence-electron chi connectivity index (χ0n) is 21.3. The molecule has 0 spiro atoms. The summed E-state index contributed by atoms with van der Waals surface area (Å²) in [6, 6.07) is 33.5. The highest BCUT2D eigenvalue weighted by Crippen LogP contribution is 2.53. The molecule has 0 amide bonds. The second-order valence-electron chi connectivity index (χ2n) is 10.8. The molecular formula is C36H21N3S. The zero-order chi connectivity index (χ0) is 25.9. The van der Waals surface area contributed by atoms with E-state index in [1.165, 1.54) is 69.3 Å². The molecule has 0 bridgehead atoms. The van der Waals surface area contributed by atoms with Crippen molar-refractivity contribution in [1.29, 1.82) is 0 Å². The number of rotatable bonds is 1. The summed E-state index contributed by atoms with van der Waals surface area (Å²) in [4.78, 5) is 5.26. The molecule has 40 heavy (non-hydrogen) atoms. The average Bonchev–Trinajstić information content (AvgIpc) is 3.65. The van der Waals surface area contributed by atoms with E-state index in [2.05, 4.69) is 125 Å². The fourth-order valence-corrected chi connectivity index (χ4v) is 8.24. The monoisotopic (exact) mass is 527 g/mol. The molecule has 3 nitrogen and oxygen atoms in total. The first-order chi connectivity index (χ1) is 19.8. The van der Waals surface area contributed by atoms with Crippen LogP contribution in [0.15, 0.2) is 120 Å². The summed E-state index contributed by atoms with van der Waals surface area (Å²) in [5, 5.41) is 12.9. The maximum Gasteiger partial charge on any atom is 0.162 e. The van der Waals surface area contributed by atoms with E-state index < -0.39 is 0 Å². The number of hydrogen-bond donors (Lipinski definition) is 1. The van der Waals surface area contributed by atoms with Crippen molar-refractivity contribution in [3.8, 4) is 11.1 Å². The van der Waals surface area contributed by atoms with Crippen molar-refractivity contribution in [1.82, 2.24) is 4.40 Å². The van der Waals surface area contributed by atoms with Crippen molar-refractivity contribution in [2.75, 3.05) is 5.32 Å². The smallest absolute Gasteiger partial charge is 0.162 e. The second kappa shape index (κ2) is 7.38. The number of hydrogen-bond acceptors (Lipinski definition) is 3. The standard InChI is InChI=1S/C36H21N3S/c1-2-9-21-18-22(17-16-20(21)8-1)23-11-7-12-25-31-30(40-35(23)25)19-26-24-10-3-6-15-29(24)39-34(26)32(31)33-36(39)38-28-14-5-4-13-27(28)37-33/h1-19,27,37H. The van der Waals surface area contributed by atoms with Crippen LogP contribution in [0.5, 0.6) is 0 Å². The van der Waals surface area contributed by atoms with E-state index in [9.17, 15) is 0 Å². The number of nitrogens with zero attached hydrogens (tertiary/aromatic N) is 2. The first-order valence-corrected chi connectivity index (χ1v) is 14.5. The molecule has 3 aromatic heterocycles. The molecule has 1 N–H and O–H groups in total. The van der Waals surface area contributed by atoms with Gasteiger partial charge >= 0.3 is 0 Å². The summed E-state index contributed by atoms with van der Waals surface area (Å²) < 4.78 is 5.04. The van der Waals surface area contributed by atoms with Gasteiger partial charge in [-0.3, -0.25) is 4.40 Å². The van der Waals surface area contributed by atoms with Gasteiger partial charge in [0.1, 0.15) is 0 Å². The Kier molecular flexibility index (Phi) is 3.87. The van der Waals surface area contributed by atoms with Crippen LogP contribution >= 0.6 is 11.3 Å². The summed E-state index contributed by atoms with van der Waals surface area (Å²) in [5.74, 6) is 1.00. The largest absolute Gasteiger partial charge is 0.370 e. The molecule has 186 valence electrons. The van der Waals surface area contributed by atoms with Gasteiger partial charge < -0.3 is 5.32 Å². The molecule has 0 radical (unpaired) electrons. The minimum Gasteiger partial charge on any atom is -0.370 e. The number of thiophene rings is 1. The lowest BCUT2D eigenvalue weighted by molar-refractivity contribution is 1.11. The van der Waals surface area contributed by atoms with Gasteiger partial charge in [0.2, 0.25) is 0 Å². The molecule has 2 aliphatic rings. The van der Waals surface area contributed by atoms with Crippen LogP contribution in [-0.4, -0.2) is 16.2 Å². The van der Waals surface area contributed by atoms with Gasteiger partial charge in [-0.2, -0.15) is 0 Å². The molecule has 0 saturated carbocycles. The number of aliphatic imine (C=N–C) groups is 1. The van der Waals surface area contributed by atoms with E-state index in [-0.39, 0.29) is 6.04 Å². The molecule has 1 aliphatic carbocycles. The van der Waals surface area contributed by atoms with Crippen molar-refractivity contribution in [3.05, 3.63) is 115 Å². The highest BCUT2D eigenvalue weighted by Gasteiger charge is 2.30. The van der Waals surface area contributed by atoms with Crippen LogP contribution in [0, 0.1) is 0 Å². The second-order valence-corrected chi connectivity index (χ2v) is 11.9. The fraction of sp³-hybridized carbons (Fsp3) is 0.0278. The van der Waals surface area contributed by atoms with Gasteiger partial charge in [0.05, 0.1) is 28.5 Å². The third kappa shape index (κ3) is 2.57. The first-order valence-electron chi connectivity index (χ1n) is 13.7. The number of allylic oxidation sites excluding steroid dienone is 2. The fourth-order valence-electron chi connectivity index (χ4n) is 6.96. The van der Waals surface area contributed by atoms with Gasteiger partial charge in [-0.05, 0) is 46.2 Å². The van der Waals surface area contributed by atoms with E-state index >= 15 is 0 Å². The van der Waals surface area contributed by atoms with Crippen LogP contribution in [0.25, 0.3) is 69.3 Å². The Hall–Kier alpha value is -4.93. The SMILES string of the molecule is C1=CC2=Nc3c(c4c5c(cc6c7ccccc7n3c64)sc3c(-c4ccc6ccccc6c4)cccc35)NC2C=C1. The minimum absolute atomic E-state index is 0.0861. The molecule has 1 unspecified atom stereocenters. The number of anilines is 1. The predicted octanol–water partition coefficient (Wildman–Crippen LogP) is 9.86. The predicted molar refractivity (Wildman–Crippen MR) is 172 cm³/mol. The van der Waals surface area contributed by atoms with Crippen molar-refractivity contribution in [2.45, 2.75) is 6.04 Å². The zero-order valence-corrected chi connectivity index (χ0v) is 22.2. The summed E-state index contributed by atoms with van der Waals surface area (Å²) in [7, 11) is 0. The van der Waals surface area contributed by atoms with Gasteiger partial charge in [0, 0.05) is 36.3 Å². The lowest BCUT2D eigenvalue weighted by Crippen LogP contribution is -2.29. The normalized spacial score (nSPS) is 16.4. The van der Waals surface area contributed by atoms with E-state index in [4.69, 9.17) is 4.99 Å². The lowest BCUT2D eigenvalue weighted by atomic mass is 9.98. The quantitative estimate of drug-likeness (QED) is 0.226. The summed E-state index contributed by atoms with van der Waals surface area (Å²) in [5.41, 5.74) is 7.22. The first kappa shape index (κ1) is 21.0. The van der Waals surface area contributed by atoms with E-state index in [0.717, 1.165) is 17.2 Å². The summed E-state index contributed by atoms with van der Waals surface area (Å²) >= 11 is 1.91. The topological polar surface area (TPSA) is 28.8 Å². The number of nitrogens with one attached hydrogen (secondary N) is 1. The van der Waals surface area contributed by atoms with Crippen molar-refractivity contribution < 1.29 is 0 Å². The molecule has 4 heteroatoms. The Morgan fingerprint density at radius 3 is 2.60 bits per heavy atom. The van der Waals surface area contributed by atoms with Gasteiger partial charge in [0.15, 0.2) is 5.82 Å². The van der Waals surface area contributed by atoms with Crippen molar-refractivity contribution in [2.24, 2.45) is 4.99 Å². The van der Waals surface area contributed by atoms with Crippen molar-refractivity contribution in [3.63, 3.8) is 0 Å². The summed E-state index contributed by atoms with van der Waals surface area (Å²) in [6.07, 6.45) is 8.51. The van der Waals surface area contributed by atoms with Gasteiger partial charge in [-0.15, -0.1) is 11.3 Å². The van der Waals surface area contributed by atoms with Crippen LogP contribution in [0.3, 0.4) is 0 Å². The third-order valence-electron chi connectivity index (χ3n) is 8.70. The molecule has 4 heterocycles. The van der Waals surface area contributed by atoms with Crippen LogP contribution in [-0.2, 0) is 0 Å². The van der Waals surface area contributed by atoms with E-state index in [1.807, 2.05) is 11.3 Å². The lowest BCUT2D eigenvalue weighted by Gasteiger charge is -2.23. The molecule has 0 fully saturated rings. The molecule has 8 aromatic rings. The minimum atomic E-state index is 0.0861. The van der Waals surface area contributed by atoms with Gasteiger partial charge in [-0.1, -0.05) is 91.0 Å². The molecule has 1 atom stereocenters. The number of para-hydroxylation sites is 1. The Balaban J connectivity index is 1.37. The van der Waals surface area contributed by atoms with E-state index in [0.29, 0.717) is 0 Å². The molecule has 0 saturated heterocycles. The highest BCUT2D eigenvalue weighted by atomic mass is 32.1. The van der Waals surface area contributed by atoms with Crippen LogP contribution in [0.4, 0.5) is 11.5 Å². The Morgan fingerprint density at radius 2 is 1.62 bits per heavy atom. The Bertz CT molecular complexity index is 2470. The van der Waals surface area contributed by atoms with Crippen LogP contribution in [0.2, 0.25) is 0 Å². The van der Waals surface area contributed by atoms with E-state index in [1.54, 1.807) is 0 Å². The molecule has 5 aromatic carbocycles. The Morgan fingerprint density at radius 1 is 0.750 bits per heavy atom. The number of fused-ring (bicyclic) bond motifs is 12. The molecular weight excluding hydrogens is 506 g/mol. The average molecular weight is 528 g/mol. The Labute approximate surface area is 233 Å². The number of aromatic nitrogens is 1. The van der Waals surface area contributed by atoms with Gasteiger partial charge in [0.25, 0.3) is 0 Å². The molecule has 1 aliphatic heterocycles. The maximum absolute atomic E-state index is 5.26. The van der Waals surface area contributed by atoms with Crippen LogP contribution < -0.4 is 5.32 Å². The van der Waals surface area contributed by atoms with Crippen LogP contribution in [0.1, 0.15) is 0 Å². The molecule has 10 rings (SSSR count). The maximum atomic E-state index is 5.26. The highest BCUT2D eigenvalue weighted by molar-refractivity contribution is 7.26. The number of benzene rings is 5. The summed E-state index contributed by atoms with van der Waals surface area (Å²) in [6.45, 7) is 0. The third-order valence-corrected chi connectivity index (χ3v) is 9.89.